The van der Waals surface area contributed by atoms with Gasteiger partial charge < -0.3 is 9.72 Å². The first-order chi connectivity index (χ1) is 20.6. The van der Waals surface area contributed by atoms with Crippen LogP contribution in [0.1, 0.15) is 41.6 Å². The van der Waals surface area contributed by atoms with E-state index in [1.807, 2.05) is 17.5 Å². The summed E-state index contributed by atoms with van der Waals surface area (Å²) in [6.07, 6.45) is 3.48. The van der Waals surface area contributed by atoms with Crippen molar-refractivity contribution in [1.82, 2.24) is 14.9 Å². The van der Waals surface area contributed by atoms with Crippen molar-refractivity contribution in [3.05, 3.63) is 106 Å². The topological polar surface area (TPSA) is 87.3 Å². The second-order valence-electron chi connectivity index (χ2n) is 11.0. The summed E-state index contributed by atoms with van der Waals surface area (Å²) in [6, 6.07) is 23.9. The molecule has 0 radical (unpaired) electrons. The number of carbonyl (C=O) groups is 2. The SMILES string of the molecule is CN(C/C=C/C#CC(C)(C)C)Cc1cccc2ccccc12.COC(=O)Nc1nc2ccc(C(=O)c3cccs3)cc2[nH]1. The Hall–Kier alpha value is -4.71. The molecule has 43 heavy (non-hydrogen) atoms. The Morgan fingerprint density at radius 1 is 1.07 bits per heavy atom. The van der Waals surface area contributed by atoms with E-state index < -0.39 is 6.09 Å². The van der Waals surface area contributed by atoms with E-state index in [-0.39, 0.29) is 17.1 Å². The average Bonchev–Trinajstić information content (AvgIpc) is 3.66. The van der Waals surface area contributed by atoms with Gasteiger partial charge in [0.15, 0.2) is 0 Å². The van der Waals surface area contributed by atoms with Crippen LogP contribution in [0.2, 0.25) is 0 Å². The highest BCUT2D eigenvalue weighted by atomic mass is 32.1. The van der Waals surface area contributed by atoms with E-state index in [2.05, 4.69) is 113 Å². The first-order valence-corrected chi connectivity index (χ1v) is 14.8. The molecule has 5 rings (SSSR count). The van der Waals surface area contributed by atoms with E-state index in [9.17, 15) is 9.59 Å². The van der Waals surface area contributed by atoms with Crippen molar-refractivity contribution in [3.63, 3.8) is 0 Å². The van der Waals surface area contributed by atoms with Crippen LogP contribution >= 0.6 is 11.3 Å². The van der Waals surface area contributed by atoms with Crippen molar-refractivity contribution in [2.24, 2.45) is 5.41 Å². The number of likely N-dealkylation sites (N-methyl/N-ethyl adjacent to an activating group) is 1. The minimum absolute atomic E-state index is 0.0380. The average molecular weight is 593 g/mol. The third kappa shape index (κ3) is 9.14. The van der Waals surface area contributed by atoms with Crippen LogP contribution < -0.4 is 5.32 Å². The van der Waals surface area contributed by atoms with E-state index in [4.69, 9.17) is 0 Å². The maximum Gasteiger partial charge on any atom is 0.413 e. The fraction of sp³-hybridized carbons (Fsp3) is 0.229. The number of ether oxygens (including phenoxy) is 1. The third-order valence-corrected chi connectivity index (χ3v) is 7.15. The first-order valence-electron chi connectivity index (χ1n) is 13.9. The standard InChI is InChI=1S/C21H25N.C14H11N3O3S/c1-21(2,3)15-8-5-9-16-22(4)17-19-13-10-12-18-11-6-7-14-20(18)19;1-20-14(19)17-13-15-9-5-4-8(7-10(9)16-13)12(18)11-3-2-6-21-11/h5-7,9-14H,16-17H2,1-4H3;2-7H,1H3,(H2,15,16,17,19)/b9-5+;. The van der Waals surface area contributed by atoms with Gasteiger partial charge in [0.1, 0.15) is 0 Å². The molecule has 5 aromatic rings. The number of aromatic nitrogens is 2. The highest BCUT2D eigenvalue weighted by Gasteiger charge is 2.13. The number of nitrogens with zero attached hydrogens (tertiary/aromatic N) is 2. The number of nitrogens with one attached hydrogen (secondary N) is 2. The van der Waals surface area contributed by atoms with Crippen LogP contribution in [0.4, 0.5) is 10.7 Å². The lowest BCUT2D eigenvalue weighted by atomic mass is 9.98. The van der Waals surface area contributed by atoms with Gasteiger partial charge in [0.25, 0.3) is 0 Å². The molecule has 2 N–H and O–H groups in total. The van der Waals surface area contributed by atoms with Crippen LogP contribution in [0.15, 0.2) is 90.3 Å². The maximum atomic E-state index is 12.3. The lowest BCUT2D eigenvalue weighted by molar-refractivity contribution is 0.104. The lowest BCUT2D eigenvalue weighted by Crippen LogP contribution is -2.17. The van der Waals surface area contributed by atoms with Gasteiger partial charge in [-0.15, -0.1) is 11.3 Å². The highest BCUT2D eigenvalue weighted by molar-refractivity contribution is 7.12. The van der Waals surface area contributed by atoms with Gasteiger partial charge >= 0.3 is 6.09 Å². The Morgan fingerprint density at radius 2 is 1.86 bits per heavy atom. The summed E-state index contributed by atoms with van der Waals surface area (Å²) >= 11 is 1.40. The fourth-order valence-electron chi connectivity index (χ4n) is 4.24. The monoisotopic (exact) mass is 592 g/mol. The Morgan fingerprint density at radius 3 is 2.60 bits per heavy atom. The molecule has 8 heteroatoms. The lowest BCUT2D eigenvalue weighted by Gasteiger charge is -2.15. The molecule has 0 atom stereocenters. The summed E-state index contributed by atoms with van der Waals surface area (Å²) in [6.45, 7) is 8.22. The molecule has 2 aromatic heterocycles. The second kappa shape index (κ2) is 14.5. The summed E-state index contributed by atoms with van der Waals surface area (Å²) in [7, 11) is 3.42. The number of hydrogen-bond donors (Lipinski definition) is 2. The van der Waals surface area contributed by atoms with Crippen LogP contribution in [0, 0.1) is 17.3 Å². The molecule has 7 nitrogen and oxygen atoms in total. The van der Waals surface area contributed by atoms with Crippen LogP contribution in [0.25, 0.3) is 21.8 Å². The zero-order valence-corrected chi connectivity index (χ0v) is 25.9. The van der Waals surface area contributed by atoms with Crippen molar-refractivity contribution < 1.29 is 14.3 Å². The summed E-state index contributed by atoms with van der Waals surface area (Å²) < 4.78 is 4.50. The molecule has 0 fully saturated rings. The number of H-pyrrole nitrogens is 1. The number of carbonyl (C=O) groups excluding carboxylic acids is 2. The van der Waals surface area contributed by atoms with Gasteiger partial charge in [0, 0.05) is 24.1 Å². The van der Waals surface area contributed by atoms with Crippen LogP contribution in [-0.4, -0.2) is 47.4 Å². The largest absolute Gasteiger partial charge is 0.453 e. The van der Waals surface area contributed by atoms with E-state index in [0.29, 0.717) is 21.5 Å². The van der Waals surface area contributed by atoms with Crippen molar-refractivity contribution in [2.45, 2.75) is 27.3 Å². The van der Waals surface area contributed by atoms with E-state index >= 15 is 0 Å². The molecular weight excluding hydrogens is 556 g/mol. The molecule has 2 heterocycles. The minimum Gasteiger partial charge on any atom is -0.453 e. The zero-order chi connectivity index (χ0) is 30.8. The summed E-state index contributed by atoms with van der Waals surface area (Å²) in [5.41, 5.74) is 3.33. The van der Waals surface area contributed by atoms with Gasteiger partial charge in [-0.2, -0.15) is 0 Å². The van der Waals surface area contributed by atoms with E-state index in [0.717, 1.165) is 13.1 Å². The van der Waals surface area contributed by atoms with E-state index in [1.54, 1.807) is 24.3 Å². The van der Waals surface area contributed by atoms with Crippen molar-refractivity contribution in [1.29, 1.82) is 0 Å². The normalized spacial score (nSPS) is 11.2. The van der Waals surface area contributed by atoms with Gasteiger partial charge in [-0.3, -0.25) is 15.0 Å². The number of rotatable bonds is 7. The van der Waals surface area contributed by atoms with E-state index in [1.165, 1.54) is 34.8 Å². The van der Waals surface area contributed by atoms with Crippen molar-refractivity contribution >= 4 is 51.0 Å². The Balaban J connectivity index is 0.000000197. The number of methoxy groups -OCH3 is 1. The number of imidazole rings is 1. The minimum atomic E-state index is -0.607. The molecule has 0 aliphatic rings. The quantitative estimate of drug-likeness (QED) is 0.148. The molecule has 3 aromatic carbocycles. The van der Waals surface area contributed by atoms with Crippen molar-refractivity contribution in [2.75, 3.05) is 26.0 Å². The van der Waals surface area contributed by atoms with Crippen molar-refractivity contribution in [3.8, 4) is 11.8 Å². The number of fused-ring (bicyclic) bond motifs is 2. The second-order valence-corrected chi connectivity index (χ2v) is 11.9. The molecule has 0 unspecified atom stereocenters. The molecule has 0 aliphatic carbocycles. The molecule has 0 saturated carbocycles. The van der Waals surface area contributed by atoms with Crippen LogP contribution in [0.5, 0.6) is 0 Å². The number of ketones is 1. The Bertz CT molecular complexity index is 1780. The number of aromatic amines is 1. The highest BCUT2D eigenvalue weighted by Crippen LogP contribution is 2.21. The third-order valence-electron chi connectivity index (χ3n) is 6.28. The van der Waals surface area contributed by atoms with Gasteiger partial charge in [0.2, 0.25) is 11.7 Å². The smallest absolute Gasteiger partial charge is 0.413 e. The van der Waals surface area contributed by atoms with Crippen LogP contribution in [-0.2, 0) is 11.3 Å². The number of thiophene rings is 1. The van der Waals surface area contributed by atoms with Gasteiger partial charge in [0.05, 0.1) is 23.0 Å². The predicted octanol–water partition coefficient (Wildman–Crippen LogP) is 7.91. The number of allylic oxidation sites excluding steroid dienone is 1. The molecular formula is C35H36N4O3S. The van der Waals surface area contributed by atoms with Gasteiger partial charge in [-0.05, 0) is 79.9 Å². The fourth-order valence-corrected chi connectivity index (χ4v) is 4.93. The molecule has 0 spiro atoms. The number of amides is 1. The summed E-state index contributed by atoms with van der Waals surface area (Å²) in [5.74, 6) is 6.57. The molecule has 0 bridgehead atoms. The Labute approximate surface area is 256 Å². The molecule has 220 valence electrons. The summed E-state index contributed by atoms with van der Waals surface area (Å²) in [5, 5.41) is 6.95. The predicted molar refractivity (Wildman–Crippen MR) is 177 cm³/mol. The molecule has 1 amide bonds. The molecule has 0 saturated heterocycles. The summed E-state index contributed by atoms with van der Waals surface area (Å²) in [4.78, 5) is 33.5. The van der Waals surface area contributed by atoms with Gasteiger partial charge in [-0.25, -0.2) is 9.78 Å². The number of hydrogen-bond acceptors (Lipinski definition) is 6. The number of anilines is 1. The van der Waals surface area contributed by atoms with Crippen LogP contribution in [0.3, 0.4) is 0 Å². The maximum absolute atomic E-state index is 12.3. The van der Waals surface area contributed by atoms with Gasteiger partial charge in [-0.1, -0.05) is 66.4 Å². The number of benzene rings is 3. The first kappa shape index (κ1) is 31.2. The molecule has 0 aliphatic heterocycles. The Kier molecular flexibility index (Phi) is 10.5. The zero-order valence-electron chi connectivity index (χ0n) is 25.1.